The van der Waals surface area contributed by atoms with Crippen LogP contribution in [-0.2, 0) is 11.0 Å². The minimum absolute atomic E-state index is 0.296. The number of amides is 1. The molecule has 0 aliphatic heterocycles. The van der Waals surface area contributed by atoms with E-state index in [1.54, 1.807) is 6.92 Å². The summed E-state index contributed by atoms with van der Waals surface area (Å²) in [6, 6.07) is 4.87. The van der Waals surface area contributed by atoms with E-state index in [1.165, 1.54) is 12.1 Å². The highest BCUT2D eigenvalue weighted by Gasteiger charge is 2.31. The zero-order valence-corrected chi connectivity index (χ0v) is 10.6. The van der Waals surface area contributed by atoms with Gasteiger partial charge in [-0.25, -0.2) is 0 Å². The molecule has 3 nitrogen and oxygen atoms in total. The molecule has 1 aromatic carbocycles. The molecule has 1 atom stereocenters. The number of carbonyl (C=O) groups excluding carboxylic acids is 1. The summed E-state index contributed by atoms with van der Waals surface area (Å²) >= 11 is 0. The van der Waals surface area contributed by atoms with Crippen molar-refractivity contribution in [2.75, 3.05) is 13.1 Å². The van der Waals surface area contributed by atoms with Gasteiger partial charge in [-0.2, -0.15) is 13.2 Å². The van der Waals surface area contributed by atoms with Gasteiger partial charge in [0.2, 0.25) is 5.91 Å². The van der Waals surface area contributed by atoms with E-state index in [-0.39, 0.29) is 5.91 Å². The predicted octanol–water partition coefficient (Wildman–Crippen LogP) is 2.27. The minimum atomic E-state index is -4.40. The number of alkyl halides is 3. The number of hydrogen-bond acceptors (Lipinski definition) is 2. The van der Waals surface area contributed by atoms with E-state index < -0.39 is 17.7 Å². The van der Waals surface area contributed by atoms with Gasteiger partial charge in [0.25, 0.3) is 0 Å². The Bertz CT molecular complexity index is 432. The molecule has 0 heterocycles. The lowest BCUT2D eigenvalue weighted by atomic mass is 9.94. The molecule has 0 bridgehead atoms. The first-order valence-corrected chi connectivity index (χ1v) is 6.05. The van der Waals surface area contributed by atoms with Crippen LogP contribution in [0.15, 0.2) is 24.3 Å². The zero-order valence-electron chi connectivity index (χ0n) is 10.6. The Morgan fingerprint density at radius 1 is 1.42 bits per heavy atom. The predicted molar refractivity (Wildman–Crippen MR) is 66.5 cm³/mol. The van der Waals surface area contributed by atoms with E-state index in [1.807, 2.05) is 0 Å². The number of hydrogen-bond donors (Lipinski definition) is 2. The number of carbonyl (C=O) groups is 1. The van der Waals surface area contributed by atoms with Crippen LogP contribution >= 0.6 is 0 Å². The van der Waals surface area contributed by atoms with Crippen LogP contribution in [0.5, 0.6) is 0 Å². The lowest BCUT2D eigenvalue weighted by Gasteiger charge is -2.16. The Labute approximate surface area is 110 Å². The molecule has 106 valence electrons. The zero-order chi connectivity index (χ0) is 14.5. The molecule has 0 radical (unpaired) electrons. The molecule has 0 aliphatic rings. The van der Waals surface area contributed by atoms with Crippen LogP contribution in [0.4, 0.5) is 13.2 Å². The molecule has 0 fully saturated rings. The first kappa shape index (κ1) is 15.5. The van der Waals surface area contributed by atoms with E-state index in [4.69, 9.17) is 5.73 Å². The Balaban J connectivity index is 2.96. The van der Waals surface area contributed by atoms with Crippen molar-refractivity contribution in [3.8, 4) is 0 Å². The van der Waals surface area contributed by atoms with Gasteiger partial charge in [0.15, 0.2) is 0 Å². The first-order chi connectivity index (χ1) is 8.90. The van der Waals surface area contributed by atoms with Gasteiger partial charge in [-0.15, -0.1) is 0 Å². The van der Waals surface area contributed by atoms with E-state index in [9.17, 15) is 18.0 Å². The highest BCUT2D eigenvalue weighted by atomic mass is 19.4. The molecule has 0 saturated carbocycles. The Morgan fingerprint density at radius 2 is 2.11 bits per heavy atom. The average molecular weight is 274 g/mol. The van der Waals surface area contributed by atoms with Gasteiger partial charge >= 0.3 is 6.18 Å². The van der Waals surface area contributed by atoms with Crippen molar-refractivity contribution in [2.45, 2.75) is 25.4 Å². The standard InChI is InChI=1S/C13H17F3N2O/c1-2-11(12(19)18-7-6-17)9-4-3-5-10(8-9)13(14,15)16/h3-5,8,11H,2,6-7,17H2,1H3,(H,18,19). The third-order valence-electron chi connectivity index (χ3n) is 2.78. The van der Waals surface area contributed by atoms with Crippen molar-refractivity contribution >= 4 is 5.91 Å². The van der Waals surface area contributed by atoms with Crippen molar-refractivity contribution in [2.24, 2.45) is 5.73 Å². The van der Waals surface area contributed by atoms with Crippen molar-refractivity contribution in [3.05, 3.63) is 35.4 Å². The number of nitrogens with two attached hydrogens (primary N) is 1. The maximum absolute atomic E-state index is 12.6. The normalized spacial score (nSPS) is 13.1. The molecule has 0 aromatic heterocycles. The summed E-state index contributed by atoms with van der Waals surface area (Å²) < 4.78 is 37.9. The van der Waals surface area contributed by atoms with Gasteiger partial charge in [0, 0.05) is 13.1 Å². The Kier molecular flexibility index (Phi) is 5.35. The Morgan fingerprint density at radius 3 is 2.63 bits per heavy atom. The fraction of sp³-hybridized carbons (Fsp3) is 0.462. The molecule has 6 heteroatoms. The molecule has 1 amide bonds. The van der Waals surface area contributed by atoms with Crippen molar-refractivity contribution in [3.63, 3.8) is 0 Å². The second kappa shape index (κ2) is 6.56. The summed E-state index contributed by atoms with van der Waals surface area (Å²) in [4.78, 5) is 11.8. The molecule has 1 unspecified atom stereocenters. The summed E-state index contributed by atoms with van der Waals surface area (Å²) in [6.45, 7) is 2.37. The van der Waals surface area contributed by atoms with Crippen LogP contribution < -0.4 is 11.1 Å². The SMILES string of the molecule is CCC(C(=O)NCCN)c1cccc(C(F)(F)F)c1. The number of benzene rings is 1. The van der Waals surface area contributed by atoms with Gasteiger partial charge < -0.3 is 11.1 Å². The molecule has 0 spiro atoms. The number of rotatable bonds is 5. The summed E-state index contributed by atoms with van der Waals surface area (Å²) in [7, 11) is 0. The van der Waals surface area contributed by atoms with Crippen LogP contribution in [-0.4, -0.2) is 19.0 Å². The van der Waals surface area contributed by atoms with Crippen LogP contribution in [0.3, 0.4) is 0 Å². The van der Waals surface area contributed by atoms with E-state index >= 15 is 0 Å². The van der Waals surface area contributed by atoms with Crippen LogP contribution in [0.2, 0.25) is 0 Å². The van der Waals surface area contributed by atoms with Crippen LogP contribution in [0.1, 0.15) is 30.4 Å². The van der Waals surface area contributed by atoms with Crippen molar-refractivity contribution in [1.29, 1.82) is 0 Å². The van der Waals surface area contributed by atoms with Crippen molar-refractivity contribution < 1.29 is 18.0 Å². The summed E-state index contributed by atoms with van der Waals surface area (Å²) in [5, 5.41) is 2.59. The second-order valence-corrected chi connectivity index (χ2v) is 4.16. The molecule has 1 rings (SSSR count). The Hall–Kier alpha value is -1.56. The maximum atomic E-state index is 12.6. The van der Waals surface area contributed by atoms with Gasteiger partial charge in [-0.1, -0.05) is 25.1 Å². The third-order valence-corrected chi connectivity index (χ3v) is 2.78. The largest absolute Gasteiger partial charge is 0.416 e. The van der Waals surface area contributed by atoms with E-state index in [0.29, 0.717) is 25.1 Å². The lowest BCUT2D eigenvalue weighted by Crippen LogP contribution is -2.33. The van der Waals surface area contributed by atoms with E-state index in [0.717, 1.165) is 12.1 Å². The molecular weight excluding hydrogens is 257 g/mol. The van der Waals surface area contributed by atoms with Gasteiger partial charge in [0.05, 0.1) is 11.5 Å². The van der Waals surface area contributed by atoms with Crippen molar-refractivity contribution in [1.82, 2.24) is 5.32 Å². The summed E-state index contributed by atoms with van der Waals surface area (Å²) in [5.74, 6) is -0.888. The highest BCUT2D eigenvalue weighted by molar-refractivity contribution is 5.83. The quantitative estimate of drug-likeness (QED) is 0.865. The van der Waals surface area contributed by atoms with Gasteiger partial charge in [0.1, 0.15) is 0 Å². The third kappa shape index (κ3) is 4.24. The smallest absolute Gasteiger partial charge is 0.354 e. The summed E-state index contributed by atoms with van der Waals surface area (Å²) in [6.07, 6.45) is -3.97. The summed E-state index contributed by atoms with van der Waals surface area (Å²) in [5.41, 5.74) is 4.90. The maximum Gasteiger partial charge on any atom is 0.416 e. The van der Waals surface area contributed by atoms with E-state index in [2.05, 4.69) is 5.32 Å². The average Bonchev–Trinajstić information content (AvgIpc) is 2.36. The molecular formula is C13H17F3N2O. The number of nitrogens with one attached hydrogen (secondary N) is 1. The van der Waals surface area contributed by atoms with Crippen LogP contribution in [0.25, 0.3) is 0 Å². The van der Waals surface area contributed by atoms with Gasteiger partial charge in [-0.05, 0) is 18.1 Å². The fourth-order valence-electron chi connectivity index (χ4n) is 1.82. The second-order valence-electron chi connectivity index (χ2n) is 4.16. The monoisotopic (exact) mass is 274 g/mol. The minimum Gasteiger partial charge on any atom is -0.354 e. The fourth-order valence-corrected chi connectivity index (χ4v) is 1.82. The van der Waals surface area contributed by atoms with Crippen LogP contribution in [0, 0.1) is 0 Å². The first-order valence-electron chi connectivity index (χ1n) is 6.05. The highest BCUT2D eigenvalue weighted by Crippen LogP contribution is 2.31. The molecule has 3 N–H and O–H groups in total. The molecule has 0 aliphatic carbocycles. The molecule has 19 heavy (non-hydrogen) atoms. The molecule has 0 saturated heterocycles. The van der Waals surface area contributed by atoms with Gasteiger partial charge in [-0.3, -0.25) is 4.79 Å². The topological polar surface area (TPSA) is 55.1 Å². The molecule has 1 aromatic rings. The lowest BCUT2D eigenvalue weighted by molar-refractivity contribution is -0.137. The number of halogens is 3.